The average molecular weight is 374 g/mol. The fraction of sp³-hybridized carbons (Fsp3) is 0.0556. The van der Waals surface area contributed by atoms with Crippen molar-refractivity contribution in [2.45, 2.75) is 0 Å². The van der Waals surface area contributed by atoms with Crippen LogP contribution in [0, 0.1) is 0 Å². The van der Waals surface area contributed by atoms with Crippen LogP contribution in [0.3, 0.4) is 0 Å². The summed E-state index contributed by atoms with van der Waals surface area (Å²) in [5.74, 6) is 0.370. The molecule has 3 rings (SSSR count). The van der Waals surface area contributed by atoms with E-state index in [0.717, 1.165) is 16.7 Å². The summed E-state index contributed by atoms with van der Waals surface area (Å²) in [6, 6.07) is 13.8. The van der Waals surface area contributed by atoms with Crippen LogP contribution in [-0.2, 0) is 0 Å². The van der Waals surface area contributed by atoms with E-state index in [1.165, 1.54) is 6.21 Å². The second-order valence-corrected chi connectivity index (χ2v) is 5.93. The fourth-order valence-corrected chi connectivity index (χ4v) is 2.51. The van der Waals surface area contributed by atoms with Crippen LogP contribution in [-0.4, -0.2) is 24.2 Å². The molecule has 0 atom stereocenters. The minimum Gasteiger partial charge on any atom is -0.497 e. The zero-order chi connectivity index (χ0) is 17.8. The Kier molecular flexibility index (Phi) is 5.16. The molecule has 25 heavy (non-hydrogen) atoms. The smallest absolute Gasteiger partial charge is 0.271 e. The second kappa shape index (κ2) is 7.51. The summed E-state index contributed by atoms with van der Waals surface area (Å²) < 4.78 is 5.20. The quantitative estimate of drug-likeness (QED) is 0.420. The maximum Gasteiger partial charge on any atom is 0.271 e. The summed E-state index contributed by atoms with van der Waals surface area (Å²) in [7, 11) is 1.60. The molecule has 0 saturated heterocycles. The normalized spacial score (nSPS) is 11.0. The molecule has 126 valence electrons. The molecule has 0 radical (unpaired) electrons. The highest BCUT2D eigenvalue weighted by Gasteiger charge is 2.06. The number of aromatic nitrogens is 1. The van der Waals surface area contributed by atoms with Gasteiger partial charge in [-0.05, 0) is 48.5 Å². The van der Waals surface area contributed by atoms with Crippen LogP contribution in [0.2, 0.25) is 10.2 Å². The Morgan fingerprint density at radius 1 is 1.16 bits per heavy atom. The molecule has 7 heteroatoms. The van der Waals surface area contributed by atoms with E-state index >= 15 is 0 Å². The van der Waals surface area contributed by atoms with Gasteiger partial charge in [0, 0.05) is 21.5 Å². The monoisotopic (exact) mass is 373 g/mol. The fourth-order valence-electron chi connectivity index (χ4n) is 2.19. The lowest BCUT2D eigenvalue weighted by Crippen LogP contribution is -2.17. The van der Waals surface area contributed by atoms with E-state index in [4.69, 9.17) is 27.9 Å². The van der Waals surface area contributed by atoms with Crippen molar-refractivity contribution in [2.24, 2.45) is 5.10 Å². The number of ether oxygens (including phenoxy) is 1. The molecule has 0 bridgehead atoms. The number of fused-ring (bicyclic) bond motifs is 1. The molecule has 0 fully saturated rings. The van der Waals surface area contributed by atoms with Crippen molar-refractivity contribution in [1.82, 2.24) is 10.4 Å². The van der Waals surface area contributed by atoms with Gasteiger partial charge in [-0.3, -0.25) is 4.79 Å². The van der Waals surface area contributed by atoms with E-state index in [2.05, 4.69) is 15.5 Å². The van der Waals surface area contributed by atoms with Gasteiger partial charge in [-0.2, -0.15) is 5.10 Å². The van der Waals surface area contributed by atoms with Gasteiger partial charge in [-0.1, -0.05) is 23.2 Å². The molecule has 0 spiro atoms. The Bertz CT molecular complexity index is 956. The number of carbonyl (C=O) groups is 1. The molecule has 0 aliphatic heterocycles. The highest BCUT2D eigenvalue weighted by atomic mass is 35.5. The molecule has 0 aliphatic rings. The highest BCUT2D eigenvalue weighted by Crippen LogP contribution is 2.23. The summed E-state index contributed by atoms with van der Waals surface area (Å²) in [6.07, 6.45) is 1.45. The average Bonchev–Trinajstić information content (AvgIpc) is 2.62. The Hall–Kier alpha value is -2.63. The van der Waals surface area contributed by atoms with E-state index in [1.54, 1.807) is 31.4 Å². The number of rotatable bonds is 4. The van der Waals surface area contributed by atoms with Gasteiger partial charge in [0.1, 0.15) is 10.9 Å². The number of carbonyl (C=O) groups excluding carboxylic acids is 1. The number of hydrogen-bond acceptors (Lipinski definition) is 4. The number of hydrogen-bond donors (Lipinski definition) is 1. The largest absolute Gasteiger partial charge is 0.497 e. The van der Waals surface area contributed by atoms with Crippen molar-refractivity contribution < 1.29 is 9.53 Å². The van der Waals surface area contributed by atoms with E-state index in [9.17, 15) is 4.79 Å². The summed E-state index contributed by atoms with van der Waals surface area (Å²) in [6.45, 7) is 0. The molecule has 1 aromatic heterocycles. The van der Waals surface area contributed by atoms with Crippen molar-refractivity contribution in [3.63, 3.8) is 0 Å². The molecule has 0 saturated carbocycles. The molecule has 5 nitrogen and oxygen atoms in total. The van der Waals surface area contributed by atoms with Crippen LogP contribution in [0.4, 0.5) is 0 Å². The molecule has 0 aliphatic carbocycles. The van der Waals surface area contributed by atoms with Gasteiger partial charge in [-0.15, -0.1) is 0 Å². The Labute approximate surface area is 154 Å². The zero-order valence-corrected chi connectivity index (χ0v) is 14.7. The van der Waals surface area contributed by atoms with Crippen molar-refractivity contribution >= 4 is 46.2 Å². The van der Waals surface area contributed by atoms with Gasteiger partial charge in [0.25, 0.3) is 5.91 Å². The van der Waals surface area contributed by atoms with E-state index in [0.29, 0.717) is 21.3 Å². The number of benzene rings is 2. The maximum absolute atomic E-state index is 12.0. The van der Waals surface area contributed by atoms with Gasteiger partial charge in [-0.25, -0.2) is 10.4 Å². The predicted octanol–water partition coefficient (Wildman–Crippen LogP) is 4.31. The van der Waals surface area contributed by atoms with Gasteiger partial charge in [0.2, 0.25) is 0 Å². The minimum absolute atomic E-state index is 0.294. The number of amides is 1. The third-order valence-corrected chi connectivity index (χ3v) is 4.03. The molecular formula is C18H13Cl2N3O2. The van der Waals surface area contributed by atoms with Crippen LogP contribution in [0.1, 0.15) is 15.9 Å². The van der Waals surface area contributed by atoms with E-state index in [-0.39, 0.29) is 5.91 Å². The summed E-state index contributed by atoms with van der Waals surface area (Å²) >= 11 is 12.0. The van der Waals surface area contributed by atoms with Crippen molar-refractivity contribution in [1.29, 1.82) is 0 Å². The van der Waals surface area contributed by atoms with Crippen molar-refractivity contribution in [2.75, 3.05) is 7.11 Å². The second-order valence-electron chi connectivity index (χ2n) is 5.13. The zero-order valence-electron chi connectivity index (χ0n) is 13.2. The predicted molar refractivity (Wildman–Crippen MR) is 99.8 cm³/mol. The molecule has 0 unspecified atom stereocenters. The number of nitrogens with one attached hydrogen (secondary N) is 1. The highest BCUT2D eigenvalue weighted by molar-refractivity contribution is 6.32. The van der Waals surface area contributed by atoms with Gasteiger partial charge < -0.3 is 4.74 Å². The topological polar surface area (TPSA) is 63.6 Å². The number of nitrogens with zero attached hydrogens (tertiary/aromatic N) is 2. The Morgan fingerprint density at radius 2 is 1.92 bits per heavy atom. The molecule has 1 heterocycles. The van der Waals surface area contributed by atoms with E-state index in [1.807, 2.05) is 24.3 Å². The Balaban J connectivity index is 1.79. The SMILES string of the molecule is COc1ccc2nc(Cl)c(/C=N\NC(=O)c3ccc(Cl)cc3)cc2c1. The van der Waals surface area contributed by atoms with Crippen molar-refractivity contribution in [3.8, 4) is 5.75 Å². The molecule has 1 amide bonds. The summed E-state index contributed by atoms with van der Waals surface area (Å²) in [5.41, 5.74) is 4.22. The first-order chi connectivity index (χ1) is 12.1. The van der Waals surface area contributed by atoms with Crippen LogP contribution >= 0.6 is 23.2 Å². The first-order valence-electron chi connectivity index (χ1n) is 7.30. The van der Waals surface area contributed by atoms with Gasteiger partial charge in [0.15, 0.2) is 0 Å². The first kappa shape index (κ1) is 17.2. The van der Waals surface area contributed by atoms with Crippen molar-refractivity contribution in [3.05, 3.63) is 69.8 Å². The molecular weight excluding hydrogens is 361 g/mol. The van der Waals surface area contributed by atoms with Gasteiger partial charge in [0.05, 0.1) is 18.8 Å². The van der Waals surface area contributed by atoms with Crippen LogP contribution < -0.4 is 10.2 Å². The lowest BCUT2D eigenvalue weighted by Gasteiger charge is -2.05. The molecule has 3 aromatic rings. The van der Waals surface area contributed by atoms with Crippen LogP contribution in [0.5, 0.6) is 5.75 Å². The molecule has 1 N–H and O–H groups in total. The number of halogens is 2. The first-order valence-corrected chi connectivity index (χ1v) is 8.05. The van der Waals surface area contributed by atoms with E-state index < -0.39 is 0 Å². The summed E-state index contributed by atoms with van der Waals surface area (Å²) in [5, 5.41) is 5.65. The molecule has 2 aromatic carbocycles. The lowest BCUT2D eigenvalue weighted by molar-refractivity contribution is 0.0955. The Morgan fingerprint density at radius 3 is 2.64 bits per heavy atom. The summed E-state index contributed by atoms with van der Waals surface area (Å²) in [4.78, 5) is 16.3. The third kappa shape index (κ3) is 4.07. The maximum atomic E-state index is 12.0. The lowest BCUT2D eigenvalue weighted by atomic mass is 10.1. The van der Waals surface area contributed by atoms with Crippen LogP contribution in [0.25, 0.3) is 10.9 Å². The third-order valence-electron chi connectivity index (χ3n) is 3.48. The number of methoxy groups -OCH3 is 1. The number of hydrazone groups is 1. The number of pyridine rings is 1. The van der Waals surface area contributed by atoms with Gasteiger partial charge >= 0.3 is 0 Å². The standard InChI is InChI=1S/C18H13Cl2N3O2/c1-25-15-6-7-16-12(9-15)8-13(17(20)22-16)10-21-23-18(24)11-2-4-14(19)5-3-11/h2-10H,1H3,(H,23,24)/b21-10-. The minimum atomic E-state index is -0.348. The van der Waals surface area contributed by atoms with Crippen LogP contribution in [0.15, 0.2) is 53.6 Å².